The van der Waals surface area contributed by atoms with E-state index < -0.39 is 0 Å². The highest BCUT2D eigenvalue weighted by Gasteiger charge is 2.31. The highest BCUT2D eigenvalue weighted by Crippen LogP contribution is 2.37. The van der Waals surface area contributed by atoms with Crippen LogP contribution in [-0.4, -0.2) is 67.6 Å². The van der Waals surface area contributed by atoms with Crippen LogP contribution in [0.5, 0.6) is 0 Å². The molecule has 0 aliphatic carbocycles. The molecular weight excluding hydrogens is 372 g/mol. The lowest BCUT2D eigenvalue weighted by Gasteiger charge is -2.38. The van der Waals surface area contributed by atoms with Gasteiger partial charge in [0.15, 0.2) is 5.96 Å². The molecule has 2 unspecified atom stereocenters. The van der Waals surface area contributed by atoms with Crippen molar-refractivity contribution in [3.8, 4) is 0 Å². The molecule has 0 saturated carbocycles. The zero-order valence-corrected chi connectivity index (χ0v) is 17.9. The Morgan fingerprint density at radius 1 is 1.32 bits per heavy atom. The maximum atomic E-state index is 11.3. The summed E-state index contributed by atoms with van der Waals surface area (Å²) in [6.45, 7) is 6.32. The Bertz CT molecular complexity index is 641. The Morgan fingerprint density at radius 3 is 2.75 bits per heavy atom. The summed E-state index contributed by atoms with van der Waals surface area (Å²) in [6, 6.07) is 4.87. The zero-order valence-electron chi connectivity index (χ0n) is 17.1. The lowest BCUT2D eigenvalue weighted by Crippen LogP contribution is -2.51. The number of likely N-dealkylation sites (tertiary alicyclic amines) is 2. The van der Waals surface area contributed by atoms with Gasteiger partial charge in [0.1, 0.15) is 0 Å². The van der Waals surface area contributed by atoms with Crippen molar-refractivity contribution in [2.75, 3.05) is 39.8 Å². The second kappa shape index (κ2) is 10.1. The Kier molecular flexibility index (Phi) is 7.56. The van der Waals surface area contributed by atoms with Gasteiger partial charge in [0.25, 0.3) is 0 Å². The van der Waals surface area contributed by atoms with Crippen LogP contribution in [0.2, 0.25) is 0 Å². The smallest absolute Gasteiger partial charge is 0.314 e. The van der Waals surface area contributed by atoms with Crippen LogP contribution in [-0.2, 0) is 0 Å². The van der Waals surface area contributed by atoms with Gasteiger partial charge in [0.05, 0.1) is 0 Å². The van der Waals surface area contributed by atoms with Gasteiger partial charge >= 0.3 is 6.03 Å². The third kappa shape index (κ3) is 5.38. The molecule has 2 amide bonds. The number of primary amides is 1. The van der Waals surface area contributed by atoms with E-state index in [9.17, 15) is 4.79 Å². The van der Waals surface area contributed by atoms with Crippen molar-refractivity contribution in [3.05, 3.63) is 22.4 Å². The minimum atomic E-state index is -0.319. The predicted molar refractivity (Wildman–Crippen MR) is 116 cm³/mol. The van der Waals surface area contributed by atoms with E-state index in [1.165, 1.54) is 17.7 Å². The number of urea groups is 1. The number of hydrogen-bond acceptors (Lipinski definition) is 4. The van der Waals surface area contributed by atoms with Gasteiger partial charge in [-0.15, -0.1) is 11.3 Å². The van der Waals surface area contributed by atoms with Crippen LogP contribution >= 0.6 is 11.3 Å². The number of nitrogens with one attached hydrogen (secondary N) is 2. The molecule has 2 aliphatic heterocycles. The Balaban J connectivity index is 1.61. The van der Waals surface area contributed by atoms with Crippen LogP contribution in [0.3, 0.4) is 0 Å². The summed E-state index contributed by atoms with van der Waals surface area (Å²) in [5, 5.41) is 9.12. The first kappa shape index (κ1) is 20.9. The maximum Gasteiger partial charge on any atom is 0.314 e. The first-order chi connectivity index (χ1) is 13.6. The standard InChI is InChI=1S/C20H34N6OS/c1-3-22-20(24-16-8-11-26(12-9-16)19(21)27)23-14-15-6-4-10-25(2)18(15)17-7-5-13-28-17/h5,7,13,15-16,18H,3-4,6,8-12,14H2,1-2H3,(H2,21,27)(H2,22,23,24). The minimum absolute atomic E-state index is 0.319. The van der Waals surface area contributed by atoms with Crippen LogP contribution in [0.4, 0.5) is 4.79 Å². The molecule has 28 heavy (non-hydrogen) atoms. The van der Waals surface area contributed by atoms with Crippen molar-refractivity contribution < 1.29 is 4.79 Å². The summed E-state index contributed by atoms with van der Waals surface area (Å²) in [4.78, 5) is 21.9. The normalized spacial score (nSPS) is 24.9. The predicted octanol–water partition coefficient (Wildman–Crippen LogP) is 2.23. The van der Waals surface area contributed by atoms with Crippen molar-refractivity contribution in [1.82, 2.24) is 20.4 Å². The van der Waals surface area contributed by atoms with Crippen LogP contribution < -0.4 is 16.4 Å². The van der Waals surface area contributed by atoms with Gasteiger partial charge in [0.2, 0.25) is 0 Å². The fraction of sp³-hybridized carbons (Fsp3) is 0.700. The number of nitrogens with two attached hydrogens (primary N) is 1. The molecule has 2 saturated heterocycles. The van der Waals surface area contributed by atoms with Crippen LogP contribution in [0.25, 0.3) is 0 Å². The zero-order chi connectivity index (χ0) is 19.9. The van der Waals surface area contributed by atoms with Gasteiger partial charge in [-0.3, -0.25) is 9.89 Å². The van der Waals surface area contributed by atoms with E-state index in [1.807, 2.05) is 11.3 Å². The molecule has 0 aromatic carbocycles. The molecule has 4 N–H and O–H groups in total. The maximum absolute atomic E-state index is 11.3. The van der Waals surface area contributed by atoms with Gasteiger partial charge in [-0.1, -0.05) is 6.07 Å². The number of nitrogens with zero attached hydrogens (tertiary/aromatic N) is 3. The molecule has 1 aromatic heterocycles. The second-order valence-corrected chi connectivity index (χ2v) is 8.79. The van der Waals surface area contributed by atoms with E-state index in [1.54, 1.807) is 4.90 Å². The van der Waals surface area contributed by atoms with E-state index in [4.69, 9.17) is 10.7 Å². The molecule has 7 nitrogen and oxygen atoms in total. The Morgan fingerprint density at radius 2 is 2.11 bits per heavy atom. The number of carbonyl (C=O) groups is 1. The average Bonchev–Trinajstić information content (AvgIpc) is 3.21. The molecule has 0 radical (unpaired) electrons. The molecule has 1 aromatic rings. The lowest BCUT2D eigenvalue weighted by molar-refractivity contribution is 0.128. The molecule has 2 atom stereocenters. The first-order valence-corrected chi connectivity index (χ1v) is 11.3. The molecule has 2 aliphatic rings. The summed E-state index contributed by atoms with van der Waals surface area (Å²) >= 11 is 1.85. The molecule has 3 heterocycles. The topological polar surface area (TPSA) is 86.0 Å². The number of thiophene rings is 1. The third-order valence-electron chi connectivity index (χ3n) is 5.82. The molecule has 156 valence electrons. The summed E-state index contributed by atoms with van der Waals surface area (Å²) in [6.07, 6.45) is 4.25. The van der Waals surface area contributed by atoms with Crippen molar-refractivity contribution >= 4 is 23.3 Å². The summed E-state index contributed by atoms with van der Waals surface area (Å²) in [7, 11) is 2.23. The highest BCUT2D eigenvalue weighted by molar-refractivity contribution is 7.10. The highest BCUT2D eigenvalue weighted by atomic mass is 32.1. The number of aliphatic imine (C=N–C) groups is 1. The largest absolute Gasteiger partial charge is 0.357 e. The van der Waals surface area contributed by atoms with Crippen molar-refractivity contribution in [2.45, 2.75) is 44.7 Å². The average molecular weight is 407 g/mol. The molecule has 8 heteroatoms. The second-order valence-electron chi connectivity index (χ2n) is 7.81. The van der Waals surface area contributed by atoms with Gasteiger partial charge in [0, 0.05) is 43.1 Å². The van der Waals surface area contributed by atoms with Crippen LogP contribution in [0, 0.1) is 5.92 Å². The van der Waals surface area contributed by atoms with Gasteiger partial charge < -0.3 is 21.3 Å². The first-order valence-electron chi connectivity index (χ1n) is 10.4. The van der Waals surface area contributed by atoms with Crippen molar-refractivity contribution in [3.63, 3.8) is 0 Å². The van der Waals surface area contributed by atoms with Crippen molar-refractivity contribution in [1.29, 1.82) is 0 Å². The van der Waals surface area contributed by atoms with Crippen molar-refractivity contribution in [2.24, 2.45) is 16.6 Å². The number of hydrogen-bond donors (Lipinski definition) is 3. The number of piperidine rings is 2. The number of amides is 2. The van der Waals surface area contributed by atoms with Crippen LogP contribution in [0.15, 0.2) is 22.5 Å². The molecule has 3 rings (SSSR count). The van der Waals surface area contributed by atoms with E-state index in [-0.39, 0.29) is 6.03 Å². The van der Waals surface area contributed by atoms with Gasteiger partial charge in [-0.2, -0.15) is 0 Å². The molecule has 0 bridgehead atoms. The fourth-order valence-electron chi connectivity index (χ4n) is 4.33. The summed E-state index contributed by atoms with van der Waals surface area (Å²) in [5.41, 5.74) is 5.38. The minimum Gasteiger partial charge on any atom is -0.357 e. The monoisotopic (exact) mass is 406 g/mol. The number of carbonyl (C=O) groups excluding carboxylic acids is 1. The summed E-state index contributed by atoms with van der Waals surface area (Å²) < 4.78 is 0. The number of guanidine groups is 1. The van der Waals surface area contributed by atoms with Crippen LogP contribution in [0.1, 0.15) is 43.5 Å². The number of rotatable bonds is 5. The molecular formula is C20H34N6OS. The quantitative estimate of drug-likeness (QED) is 0.517. The molecule has 2 fully saturated rings. The Hall–Kier alpha value is -1.80. The van der Waals surface area contributed by atoms with E-state index >= 15 is 0 Å². The molecule has 0 spiro atoms. The van der Waals surface area contributed by atoms with E-state index in [0.717, 1.165) is 38.4 Å². The van der Waals surface area contributed by atoms with Gasteiger partial charge in [-0.05, 0) is 63.6 Å². The fourth-order valence-corrected chi connectivity index (χ4v) is 5.31. The third-order valence-corrected chi connectivity index (χ3v) is 6.76. The van der Waals surface area contributed by atoms with Gasteiger partial charge in [-0.25, -0.2) is 4.79 Å². The van der Waals surface area contributed by atoms with E-state index in [2.05, 4.69) is 47.0 Å². The Labute approximate surface area is 172 Å². The summed E-state index contributed by atoms with van der Waals surface area (Å²) in [5.74, 6) is 1.42. The SMILES string of the molecule is CCNC(=NCC1CCCN(C)C1c1cccs1)NC1CCN(C(N)=O)CC1. The van der Waals surface area contributed by atoms with E-state index in [0.29, 0.717) is 31.1 Å². The lowest BCUT2D eigenvalue weighted by atomic mass is 9.88.